The first-order valence-electron chi connectivity index (χ1n) is 9.78. The Morgan fingerprint density at radius 3 is 2.66 bits per heavy atom. The summed E-state index contributed by atoms with van der Waals surface area (Å²) in [5, 5.41) is 20.5. The first-order valence-corrected chi connectivity index (χ1v) is 11.9. The van der Waals surface area contributed by atoms with E-state index in [0.29, 0.717) is 10.5 Å². The highest BCUT2D eigenvalue weighted by Crippen LogP contribution is 2.54. The number of nitrogens with zero attached hydrogens (tertiary/aromatic N) is 2. The van der Waals surface area contributed by atoms with E-state index in [1.54, 1.807) is 18.7 Å². The fourth-order valence-corrected chi connectivity index (χ4v) is 5.73. The van der Waals surface area contributed by atoms with Crippen LogP contribution in [0.4, 0.5) is 5.69 Å². The van der Waals surface area contributed by atoms with E-state index in [4.69, 9.17) is 4.74 Å². The van der Waals surface area contributed by atoms with E-state index in [0.717, 1.165) is 10.5 Å². The van der Waals surface area contributed by atoms with Crippen LogP contribution in [0.15, 0.2) is 59.1 Å². The number of thioether (sulfide) groups is 2. The van der Waals surface area contributed by atoms with Gasteiger partial charge in [-0.1, -0.05) is 23.9 Å². The topological polar surface area (TPSA) is 110 Å². The lowest BCUT2D eigenvalue weighted by atomic mass is 9.92. The molecule has 166 valence electrons. The Hall–Kier alpha value is -2.82. The molecule has 0 spiro atoms. The molecule has 1 amide bonds. The normalized spacial score (nSPS) is 20.6. The van der Waals surface area contributed by atoms with Crippen molar-refractivity contribution in [2.45, 2.75) is 29.9 Å². The van der Waals surface area contributed by atoms with E-state index in [2.05, 4.69) is 0 Å². The molecule has 8 nitrogen and oxygen atoms in total. The number of hydrogen-bond donors (Lipinski definition) is 1. The third-order valence-electron chi connectivity index (χ3n) is 5.34. The predicted octanol–water partition coefficient (Wildman–Crippen LogP) is 3.64. The molecule has 0 saturated carbocycles. The fraction of sp³-hybridized carbons (Fsp3) is 0.273. The molecule has 0 radical (unpaired) electrons. The van der Waals surface area contributed by atoms with E-state index < -0.39 is 22.9 Å². The summed E-state index contributed by atoms with van der Waals surface area (Å²) in [6, 6.07) is 13.4. The molecule has 0 bridgehead atoms. The number of nitro groups is 1. The van der Waals surface area contributed by atoms with Crippen LogP contribution in [0.25, 0.3) is 4.91 Å². The number of non-ortho nitro benzene ring substituents is 1. The number of amides is 1. The van der Waals surface area contributed by atoms with Crippen LogP contribution in [0.5, 0.6) is 0 Å². The van der Waals surface area contributed by atoms with Crippen molar-refractivity contribution in [1.82, 2.24) is 4.90 Å². The van der Waals surface area contributed by atoms with Crippen molar-refractivity contribution in [2.75, 3.05) is 6.26 Å². The van der Waals surface area contributed by atoms with Crippen molar-refractivity contribution in [3.05, 3.63) is 75.5 Å². The van der Waals surface area contributed by atoms with Gasteiger partial charge in [0.25, 0.3) is 5.69 Å². The zero-order valence-corrected chi connectivity index (χ0v) is 18.9. The van der Waals surface area contributed by atoms with Gasteiger partial charge in [0.05, 0.1) is 16.9 Å². The van der Waals surface area contributed by atoms with Crippen molar-refractivity contribution in [2.24, 2.45) is 5.92 Å². The molecule has 2 aliphatic rings. The first kappa shape index (κ1) is 22.4. The Balaban J connectivity index is 1.61. The number of rotatable bonds is 7. The van der Waals surface area contributed by atoms with Gasteiger partial charge in [0, 0.05) is 21.9 Å². The highest BCUT2D eigenvalue weighted by Gasteiger charge is 2.58. The average molecular weight is 473 g/mol. The average Bonchev–Trinajstić information content (AvgIpc) is 3.12. The summed E-state index contributed by atoms with van der Waals surface area (Å²) in [5.41, 5.74) is 1.51. The number of aliphatic hydroxyl groups excluding tert-OH is 1. The van der Waals surface area contributed by atoms with Crippen molar-refractivity contribution < 1.29 is 24.4 Å². The van der Waals surface area contributed by atoms with Gasteiger partial charge in [0.15, 0.2) is 0 Å². The second-order valence-electron chi connectivity index (χ2n) is 7.39. The van der Waals surface area contributed by atoms with Crippen LogP contribution >= 0.6 is 23.5 Å². The Morgan fingerprint density at radius 2 is 2.03 bits per heavy atom. The number of aliphatic hydroxyl groups is 1. The van der Waals surface area contributed by atoms with Gasteiger partial charge in [-0.3, -0.25) is 19.8 Å². The molecule has 1 saturated heterocycles. The molecule has 10 heteroatoms. The van der Waals surface area contributed by atoms with Crippen molar-refractivity contribution in [3.8, 4) is 0 Å². The third kappa shape index (κ3) is 4.01. The van der Waals surface area contributed by atoms with Crippen molar-refractivity contribution >= 4 is 46.0 Å². The monoisotopic (exact) mass is 472 g/mol. The molecule has 2 aliphatic heterocycles. The van der Waals surface area contributed by atoms with E-state index in [1.807, 2.05) is 30.5 Å². The molecule has 2 heterocycles. The predicted molar refractivity (Wildman–Crippen MR) is 121 cm³/mol. The molecule has 1 N–H and O–H groups in total. The number of carbonyl (C=O) groups excluding carboxylic acids is 2. The molecule has 4 rings (SSSR count). The zero-order chi connectivity index (χ0) is 23.0. The van der Waals surface area contributed by atoms with E-state index in [1.165, 1.54) is 40.9 Å². The van der Waals surface area contributed by atoms with Gasteiger partial charge in [-0.15, -0.1) is 11.8 Å². The molecule has 1 fully saturated rings. The smallest absolute Gasteiger partial charge is 0.356 e. The van der Waals surface area contributed by atoms with Gasteiger partial charge in [-0.05, 0) is 48.6 Å². The fourth-order valence-electron chi connectivity index (χ4n) is 3.67. The molecule has 0 aliphatic carbocycles. The van der Waals surface area contributed by atoms with Crippen LogP contribution in [0.2, 0.25) is 0 Å². The minimum atomic E-state index is -0.828. The van der Waals surface area contributed by atoms with Gasteiger partial charge in [0.1, 0.15) is 17.7 Å². The van der Waals surface area contributed by atoms with Gasteiger partial charge in [0.2, 0.25) is 5.91 Å². The SMILES string of the molecule is CSc1cccc(C2=C(C(=O)OCc3ccc([N+](=O)[O-])cc3)N3C(=O)[C@H]([C@@H](C)O)[C@H]3S2)c1. The summed E-state index contributed by atoms with van der Waals surface area (Å²) < 4.78 is 5.48. The van der Waals surface area contributed by atoms with Gasteiger partial charge >= 0.3 is 5.97 Å². The quantitative estimate of drug-likeness (QED) is 0.214. The molecule has 0 unspecified atom stereocenters. The molecule has 3 atom stereocenters. The van der Waals surface area contributed by atoms with Crippen LogP contribution in [0.3, 0.4) is 0 Å². The Morgan fingerprint density at radius 1 is 1.31 bits per heavy atom. The minimum absolute atomic E-state index is 0.0517. The zero-order valence-electron chi connectivity index (χ0n) is 17.3. The molecule has 32 heavy (non-hydrogen) atoms. The minimum Gasteiger partial charge on any atom is -0.456 e. The number of ether oxygens (including phenoxy) is 1. The lowest BCUT2D eigenvalue weighted by Crippen LogP contribution is -2.60. The highest BCUT2D eigenvalue weighted by molar-refractivity contribution is 8.09. The Labute approximate surface area is 192 Å². The Kier molecular flexibility index (Phi) is 6.27. The standard InChI is InChI=1S/C22H20N2O6S2/c1-12(25)17-20(26)23-18(19(32-21(17)23)14-4-3-5-16(10-14)31-2)22(27)30-11-13-6-8-15(9-7-13)24(28)29/h3-10,12,17,21,25H,11H2,1-2H3/t12-,17+,21-/m1/s1. The van der Waals surface area contributed by atoms with Crippen LogP contribution in [0.1, 0.15) is 18.1 Å². The number of esters is 1. The summed E-state index contributed by atoms with van der Waals surface area (Å²) in [6.45, 7) is 1.48. The van der Waals surface area contributed by atoms with E-state index in [9.17, 15) is 24.8 Å². The maximum absolute atomic E-state index is 13.1. The lowest BCUT2D eigenvalue weighted by molar-refractivity contribution is -0.384. The summed E-state index contributed by atoms with van der Waals surface area (Å²) in [4.78, 5) is 39.2. The maximum atomic E-state index is 13.1. The molecule has 2 aromatic rings. The van der Waals surface area contributed by atoms with Crippen LogP contribution in [-0.4, -0.2) is 44.5 Å². The third-order valence-corrected chi connectivity index (χ3v) is 7.48. The van der Waals surface area contributed by atoms with Gasteiger partial charge in [-0.25, -0.2) is 4.79 Å². The number of fused-ring (bicyclic) bond motifs is 1. The van der Waals surface area contributed by atoms with E-state index in [-0.39, 0.29) is 29.3 Å². The summed E-state index contributed by atoms with van der Waals surface area (Å²) in [7, 11) is 0. The number of nitro benzene ring substituents is 1. The molecule has 2 aromatic carbocycles. The summed E-state index contributed by atoms with van der Waals surface area (Å²) in [6.07, 6.45) is 1.12. The Bertz CT molecular complexity index is 1120. The number of benzene rings is 2. The maximum Gasteiger partial charge on any atom is 0.356 e. The molecule has 0 aromatic heterocycles. The molecular formula is C22H20N2O6S2. The summed E-state index contributed by atoms with van der Waals surface area (Å²) >= 11 is 2.94. The second-order valence-corrected chi connectivity index (χ2v) is 9.40. The summed E-state index contributed by atoms with van der Waals surface area (Å²) in [5.74, 6) is -1.55. The first-order chi connectivity index (χ1) is 15.3. The lowest BCUT2D eigenvalue weighted by Gasteiger charge is -2.43. The second kappa shape index (κ2) is 8.97. The number of carbonyl (C=O) groups is 2. The van der Waals surface area contributed by atoms with Crippen LogP contribution < -0.4 is 0 Å². The largest absolute Gasteiger partial charge is 0.456 e. The van der Waals surface area contributed by atoms with Gasteiger partial charge < -0.3 is 9.84 Å². The number of β-lactam (4-membered cyclic amide) rings is 1. The number of hydrogen-bond acceptors (Lipinski definition) is 8. The van der Waals surface area contributed by atoms with Crippen molar-refractivity contribution in [1.29, 1.82) is 0 Å². The van der Waals surface area contributed by atoms with Crippen molar-refractivity contribution in [3.63, 3.8) is 0 Å². The van der Waals surface area contributed by atoms with Crippen LogP contribution in [-0.2, 0) is 20.9 Å². The van der Waals surface area contributed by atoms with E-state index >= 15 is 0 Å². The van der Waals surface area contributed by atoms with Gasteiger partial charge in [-0.2, -0.15) is 0 Å². The highest BCUT2D eigenvalue weighted by atomic mass is 32.2. The van der Waals surface area contributed by atoms with Crippen LogP contribution in [0, 0.1) is 16.0 Å². The molecular weight excluding hydrogens is 452 g/mol.